The molecule has 0 fully saturated rings. The molecule has 1 unspecified atom stereocenters. The van der Waals surface area contributed by atoms with Crippen LogP contribution in [-0.2, 0) is 10.5 Å². The van der Waals surface area contributed by atoms with Crippen LogP contribution in [-0.4, -0.2) is 22.4 Å². The molecule has 4 nitrogen and oxygen atoms in total. The summed E-state index contributed by atoms with van der Waals surface area (Å²) in [4.78, 5) is 13.9. The fraction of sp³-hybridized carbons (Fsp3) is 0.200. The zero-order valence-electron chi connectivity index (χ0n) is 14.4. The molecule has 0 bridgehead atoms. The molecule has 1 aromatic carbocycles. The summed E-state index contributed by atoms with van der Waals surface area (Å²) in [5, 5.41) is 8.15. The van der Waals surface area contributed by atoms with Crippen LogP contribution in [0.3, 0.4) is 0 Å². The second-order valence-corrected chi connectivity index (χ2v) is 8.04. The first-order valence-electron chi connectivity index (χ1n) is 8.50. The van der Waals surface area contributed by atoms with Crippen LogP contribution < -0.4 is 0 Å². The van der Waals surface area contributed by atoms with Crippen LogP contribution in [0.4, 0.5) is 4.39 Å². The Morgan fingerprint density at radius 2 is 2.11 bits per heavy atom. The Morgan fingerprint density at radius 1 is 1.26 bits per heavy atom. The molecular formula is C20H17FN2O2S2. The number of thioether (sulfide) groups is 1. The summed E-state index contributed by atoms with van der Waals surface area (Å²) in [6.07, 6.45) is 2.25. The van der Waals surface area contributed by atoms with Gasteiger partial charge in [0.05, 0.1) is 34.4 Å². The van der Waals surface area contributed by atoms with Gasteiger partial charge in [0.1, 0.15) is 11.6 Å². The van der Waals surface area contributed by atoms with Gasteiger partial charge in [-0.15, -0.1) is 23.1 Å². The van der Waals surface area contributed by atoms with Crippen molar-refractivity contribution in [2.24, 2.45) is 5.10 Å². The van der Waals surface area contributed by atoms with E-state index in [9.17, 15) is 9.18 Å². The number of nitrogens with zero attached hydrogens (tertiary/aromatic N) is 2. The van der Waals surface area contributed by atoms with E-state index in [1.54, 1.807) is 34.7 Å². The number of thiophene rings is 1. The predicted molar refractivity (Wildman–Crippen MR) is 106 cm³/mol. The molecule has 0 saturated heterocycles. The van der Waals surface area contributed by atoms with Crippen molar-refractivity contribution >= 4 is 34.7 Å². The highest BCUT2D eigenvalue weighted by Gasteiger charge is 2.33. The molecule has 1 amide bonds. The van der Waals surface area contributed by atoms with E-state index in [0.29, 0.717) is 17.9 Å². The van der Waals surface area contributed by atoms with Gasteiger partial charge in [0, 0.05) is 6.42 Å². The number of amides is 1. The molecule has 1 aliphatic rings. The van der Waals surface area contributed by atoms with Crippen molar-refractivity contribution in [2.75, 3.05) is 5.75 Å². The molecule has 0 saturated carbocycles. The summed E-state index contributed by atoms with van der Waals surface area (Å²) in [6, 6.07) is 13.8. The van der Waals surface area contributed by atoms with E-state index >= 15 is 0 Å². The van der Waals surface area contributed by atoms with Crippen molar-refractivity contribution in [1.29, 1.82) is 0 Å². The van der Waals surface area contributed by atoms with Gasteiger partial charge in [-0.25, -0.2) is 9.40 Å². The van der Waals surface area contributed by atoms with Crippen molar-refractivity contribution in [3.05, 3.63) is 82.2 Å². The van der Waals surface area contributed by atoms with Crippen LogP contribution in [0.25, 0.3) is 0 Å². The smallest absolute Gasteiger partial charge is 0.253 e. The molecule has 3 aromatic rings. The fourth-order valence-electron chi connectivity index (χ4n) is 2.98. The van der Waals surface area contributed by atoms with Crippen LogP contribution >= 0.6 is 23.1 Å². The summed E-state index contributed by atoms with van der Waals surface area (Å²) in [6.45, 7) is 0. The Balaban J connectivity index is 1.51. The van der Waals surface area contributed by atoms with Gasteiger partial charge in [0.2, 0.25) is 0 Å². The highest BCUT2D eigenvalue weighted by molar-refractivity contribution is 7.99. The largest absolute Gasteiger partial charge is 0.468 e. The second-order valence-electron chi connectivity index (χ2n) is 6.11. The summed E-state index contributed by atoms with van der Waals surface area (Å²) >= 11 is 3.10. The summed E-state index contributed by atoms with van der Waals surface area (Å²) in [5.74, 6) is 1.43. The number of hydrogen-bond donors (Lipinski definition) is 0. The second kappa shape index (κ2) is 8.10. The van der Waals surface area contributed by atoms with Crippen LogP contribution in [0.1, 0.15) is 28.7 Å². The number of furan rings is 1. The number of hydrazone groups is 1. The standard InChI is InChI=1S/C20H17FN2O2S2/c21-15-7-5-14(6-8-15)18-11-17(19-4-2-10-27-19)22-23(18)20(24)13-26-12-16-3-1-9-25-16/h1-10,18H,11-13H2. The Hall–Kier alpha value is -2.38. The molecule has 1 atom stereocenters. The summed E-state index contributed by atoms with van der Waals surface area (Å²) in [5.41, 5.74) is 1.78. The molecular weight excluding hydrogens is 383 g/mol. The minimum Gasteiger partial charge on any atom is -0.468 e. The monoisotopic (exact) mass is 400 g/mol. The van der Waals surface area contributed by atoms with E-state index in [1.165, 1.54) is 23.9 Å². The topological polar surface area (TPSA) is 45.8 Å². The Morgan fingerprint density at radius 3 is 2.81 bits per heavy atom. The molecule has 2 aromatic heterocycles. The van der Waals surface area contributed by atoms with Gasteiger partial charge in [0.25, 0.3) is 5.91 Å². The predicted octanol–water partition coefficient (Wildman–Crippen LogP) is 5.09. The third-order valence-corrected chi connectivity index (χ3v) is 6.13. The van der Waals surface area contributed by atoms with Crippen molar-refractivity contribution < 1.29 is 13.6 Å². The van der Waals surface area contributed by atoms with Gasteiger partial charge in [-0.3, -0.25) is 4.79 Å². The van der Waals surface area contributed by atoms with E-state index in [1.807, 2.05) is 29.6 Å². The molecule has 0 N–H and O–H groups in total. The number of halogens is 1. The fourth-order valence-corrected chi connectivity index (χ4v) is 4.47. The Kier molecular flexibility index (Phi) is 5.40. The van der Waals surface area contributed by atoms with E-state index in [2.05, 4.69) is 5.10 Å². The number of rotatable bonds is 6. The molecule has 138 valence electrons. The molecule has 4 rings (SSSR count). The third kappa shape index (κ3) is 4.14. The minimum atomic E-state index is -0.289. The molecule has 3 heterocycles. The third-order valence-electron chi connectivity index (χ3n) is 4.28. The molecule has 7 heteroatoms. The van der Waals surface area contributed by atoms with Gasteiger partial charge in [-0.1, -0.05) is 18.2 Å². The van der Waals surface area contributed by atoms with Gasteiger partial charge < -0.3 is 4.42 Å². The summed E-state index contributed by atoms with van der Waals surface area (Å²) in [7, 11) is 0. The number of benzene rings is 1. The van der Waals surface area contributed by atoms with Gasteiger partial charge in [-0.2, -0.15) is 5.10 Å². The molecule has 0 aliphatic carbocycles. The van der Waals surface area contributed by atoms with E-state index in [-0.39, 0.29) is 17.8 Å². The maximum Gasteiger partial charge on any atom is 0.253 e. The average molecular weight is 401 g/mol. The van der Waals surface area contributed by atoms with E-state index in [0.717, 1.165) is 21.9 Å². The van der Waals surface area contributed by atoms with Crippen LogP contribution in [0.15, 0.2) is 69.7 Å². The van der Waals surface area contributed by atoms with Gasteiger partial charge in [-0.05, 0) is 41.3 Å². The average Bonchev–Trinajstić information content (AvgIpc) is 3.43. The SMILES string of the molecule is O=C(CSCc1ccco1)N1N=C(c2cccs2)CC1c1ccc(F)cc1. The highest BCUT2D eigenvalue weighted by Crippen LogP contribution is 2.34. The lowest BCUT2D eigenvalue weighted by atomic mass is 10.0. The van der Waals surface area contributed by atoms with Crippen molar-refractivity contribution in [3.63, 3.8) is 0 Å². The van der Waals surface area contributed by atoms with Crippen molar-refractivity contribution in [1.82, 2.24) is 5.01 Å². The first-order valence-corrected chi connectivity index (χ1v) is 10.5. The lowest BCUT2D eigenvalue weighted by molar-refractivity contribution is -0.130. The molecule has 0 radical (unpaired) electrons. The van der Waals surface area contributed by atoms with Crippen molar-refractivity contribution in [2.45, 2.75) is 18.2 Å². The normalized spacial score (nSPS) is 16.6. The minimum absolute atomic E-state index is 0.0626. The van der Waals surface area contributed by atoms with E-state index in [4.69, 9.17) is 4.42 Å². The Bertz CT molecular complexity index is 922. The highest BCUT2D eigenvalue weighted by atomic mass is 32.2. The number of carbonyl (C=O) groups is 1. The lowest BCUT2D eigenvalue weighted by Gasteiger charge is -2.22. The van der Waals surface area contributed by atoms with Crippen molar-refractivity contribution in [3.8, 4) is 0 Å². The van der Waals surface area contributed by atoms with Gasteiger partial charge >= 0.3 is 0 Å². The molecule has 1 aliphatic heterocycles. The summed E-state index contributed by atoms with van der Waals surface area (Å²) < 4.78 is 18.6. The molecule has 27 heavy (non-hydrogen) atoms. The van der Waals surface area contributed by atoms with Crippen LogP contribution in [0, 0.1) is 5.82 Å². The number of hydrogen-bond acceptors (Lipinski definition) is 5. The van der Waals surface area contributed by atoms with Crippen LogP contribution in [0.5, 0.6) is 0 Å². The first kappa shape index (κ1) is 18.0. The van der Waals surface area contributed by atoms with E-state index < -0.39 is 0 Å². The quantitative estimate of drug-likeness (QED) is 0.579. The van der Waals surface area contributed by atoms with Gasteiger partial charge in [0.15, 0.2) is 0 Å². The van der Waals surface area contributed by atoms with Crippen LogP contribution in [0.2, 0.25) is 0 Å². The Labute approximate surface area is 164 Å². The maximum atomic E-state index is 13.3. The first-order chi connectivity index (χ1) is 13.2. The number of carbonyl (C=O) groups excluding carboxylic acids is 1. The zero-order chi connectivity index (χ0) is 18.6. The zero-order valence-corrected chi connectivity index (χ0v) is 16.0. The molecule has 0 spiro atoms. The lowest BCUT2D eigenvalue weighted by Crippen LogP contribution is -2.28. The maximum absolute atomic E-state index is 13.3.